The Hall–Kier alpha value is -3.80. The van der Waals surface area contributed by atoms with Crippen LogP contribution in [0.2, 0.25) is 0 Å². The molecule has 152 valence electrons. The van der Waals surface area contributed by atoms with E-state index in [1.54, 1.807) is 36.4 Å². The number of carbonyl (C=O) groups excluding carboxylic acids is 1. The Morgan fingerprint density at radius 3 is 2.57 bits per heavy atom. The van der Waals surface area contributed by atoms with E-state index in [0.29, 0.717) is 34.9 Å². The molecule has 1 atom stereocenters. The maximum Gasteiger partial charge on any atom is 0.247 e. The van der Waals surface area contributed by atoms with Crippen LogP contribution >= 0.6 is 0 Å². The van der Waals surface area contributed by atoms with Crippen molar-refractivity contribution >= 4 is 17.3 Å². The van der Waals surface area contributed by atoms with Gasteiger partial charge in [0.05, 0.1) is 5.69 Å². The fourth-order valence-corrected chi connectivity index (χ4v) is 3.30. The summed E-state index contributed by atoms with van der Waals surface area (Å²) in [5.74, 6) is 0.383. The van der Waals surface area contributed by atoms with Crippen molar-refractivity contribution in [2.75, 3.05) is 12.1 Å². The number of amides is 1. The van der Waals surface area contributed by atoms with Crippen LogP contribution in [0.3, 0.4) is 0 Å². The van der Waals surface area contributed by atoms with E-state index < -0.39 is 11.9 Å². The maximum absolute atomic E-state index is 14.2. The molecule has 3 aromatic rings. The smallest absolute Gasteiger partial charge is 0.247 e. The summed E-state index contributed by atoms with van der Waals surface area (Å²) in [6.07, 6.45) is 0.395. The molecule has 0 aliphatic carbocycles. The number of rotatable bonds is 7. The lowest BCUT2D eigenvalue weighted by molar-refractivity contribution is -0.117. The monoisotopic (exact) mass is 404 g/mol. The van der Waals surface area contributed by atoms with Gasteiger partial charge in [-0.1, -0.05) is 55.1 Å². The van der Waals surface area contributed by atoms with Gasteiger partial charge < -0.3 is 20.1 Å². The fourth-order valence-electron chi connectivity index (χ4n) is 3.30. The second kappa shape index (κ2) is 8.69. The Bertz CT molecular complexity index is 1070. The molecule has 0 radical (unpaired) electrons. The molecule has 5 nitrogen and oxygen atoms in total. The van der Waals surface area contributed by atoms with E-state index in [-0.39, 0.29) is 12.7 Å². The Kier molecular flexibility index (Phi) is 5.66. The van der Waals surface area contributed by atoms with E-state index in [9.17, 15) is 9.18 Å². The predicted octanol–water partition coefficient (Wildman–Crippen LogP) is 4.36. The number of nitrogens with one attached hydrogen (secondary N) is 2. The minimum atomic E-state index is -0.683. The van der Waals surface area contributed by atoms with Crippen LogP contribution in [0.4, 0.5) is 10.1 Å². The van der Waals surface area contributed by atoms with Gasteiger partial charge in [-0.05, 0) is 29.8 Å². The normalized spacial score (nSPS) is 12.8. The maximum atomic E-state index is 14.2. The average molecular weight is 404 g/mol. The summed E-state index contributed by atoms with van der Waals surface area (Å²) in [6, 6.07) is 20.5. The molecule has 0 spiro atoms. The van der Waals surface area contributed by atoms with Gasteiger partial charge in [0.25, 0.3) is 0 Å². The fraction of sp³-hybridized carbons (Fsp3) is 0.125. The molecule has 6 heteroatoms. The van der Waals surface area contributed by atoms with Crippen LogP contribution in [0.5, 0.6) is 11.5 Å². The van der Waals surface area contributed by atoms with Gasteiger partial charge in [-0.3, -0.25) is 4.79 Å². The van der Waals surface area contributed by atoms with Crippen LogP contribution < -0.4 is 20.1 Å². The summed E-state index contributed by atoms with van der Waals surface area (Å²) in [5.41, 5.74) is 2.14. The van der Waals surface area contributed by atoms with Gasteiger partial charge >= 0.3 is 0 Å². The highest BCUT2D eigenvalue weighted by molar-refractivity contribution is 5.97. The van der Waals surface area contributed by atoms with Gasteiger partial charge in [-0.15, -0.1) is 0 Å². The molecular weight excluding hydrogens is 383 g/mol. The van der Waals surface area contributed by atoms with Gasteiger partial charge in [-0.25, -0.2) is 4.39 Å². The minimum Gasteiger partial charge on any atom is -0.454 e. The van der Waals surface area contributed by atoms with E-state index in [0.717, 1.165) is 5.56 Å². The number of benzene rings is 3. The molecule has 0 fully saturated rings. The lowest BCUT2D eigenvalue weighted by Gasteiger charge is -2.22. The van der Waals surface area contributed by atoms with Crippen molar-refractivity contribution in [3.63, 3.8) is 0 Å². The highest BCUT2D eigenvalue weighted by Crippen LogP contribution is 2.38. The molecule has 0 aromatic heterocycles. The number of hydrogen-bond acceptors (Lipinski definition) is 4. The van der Waals surface area contributed by atoms with Crippen molar-refractivity contribution in [1.82, 2.24) is 5.32 Å². The van der Waals surface area contributed by atoms with Crippen LogP contribution in [0, 0.1) is 5.82 Å². The topological polar surface area (TPSA) is 59.6 Å². The van der Waals surface area contributed by atoms with Crippen LogP contribution in [-0.2, 0) is 11.2 Å². The molecule has 1 aliphatic heterocycles. The first-order valence-electron chi connectivity index (χ1n) is 9.55. The van der Waals surface area contributed by atoms with Crippen LogP contribution in [0.1, 0.15) is 11.1 Å². The molecule has 3 aromatic carbocycles. The lowest BCUT2D eigenvalue weighted by Crippen LogP contribution is -2.41. The van der Waals surface area contributed by atoms with E-state index in [1.165, 1.54) is 6.07 Å². The first-order valence-corrected chi connectivity index (χ1v) is 9.55. The van der Waals surface area contributed by atoms with Crippen molar-refractivity contribution in [2.45, 2.75) is 12.5 Å². The van der Waals surface area contributed by atoms with Gasteiger partial charge in [0.1, 0.15) is 11.9 Å². The predicted molar refractivity (Wildman–Crippen MR) is 114 cm³/mol. The number of anilines is 1. The van der Waals surface area contributed by atoms with E-state index >= 15 is 0 Å². The first kappa shape index (κ1) is 19.5. The first-order chi connectivity index (χ1) is 14.6. The molecular formula is C24H21FN2O3. The molecule has 30 heavy (non-hydrogen) atoms. The molecule has 2 N–H and O–H groups in total. The second-order valence-corrected chi connectivity index (χ2v) is 6.87. The summed E-state index contributed by atoms with van der Waals surface area (Å²) in [6.45, 7) is 4.05. The van der Waals surface area contributed by atoms with Crippen molar-refractivity contribution in [1.29, 1.82) is 0 Å². The van der Waals surface area contributed by atoms with Gasteiger partial charge in [0.2, 0.25) is 12.7 Å². The molecule has 1 amide bonds. The Balaban J connectivity index is 1.57. The van der Waals surface area contributed by atoms with Crippen LogP contribution in [0.15, 0.2) is 79.4 Å². The van der Waals surface area contributed by atoms with Crippen LogP contribution in [-0.4, -0.2) is 18.7 Å². The standard InChI is InChI=1S/C24H21FN2O3/c1-16(18-10-5-6-11-19(18)25)26-21(14-17-8-3-2-4-9-17)24(28)27-20-12-7-13-22-23(20)30-15-29-22/h2-13,21,26H,1,14-15H2,(H,27,28). The quantitative estimate of drug-likeness (QED) is 0.614. The largest absolute Gasteiger partial charge is 0.454 e. The molecule has 4 rings (SSSR count). The number of ether oxygens (including phenoxy) is 2. The van der Waals surface area contributed by atoms with E-state index in [1.807, 2.05) is 30.3 Å². The summed E-state index contributed by atoms with van der Waals surface area (Å²) < 4.78 is 25.0. The summed E-state index contributed by atoms with van der Waals surface area (Å²) in [5, 5.41) is 5.98. The molecule has 1 aliphatic rings. The Labute approximate surface area is 174 Å². The number of halogens is 1. The molecule has 1 unspecified atom stereocenters. The summed E-state index contributed by atoms with van der Waals surface area (Å²) in [7, 11) is 0. The van der Waals surface area contributed by atoms with Crippen molar-refractivity contribution in [3.05, 3.63) is 96.3 Å². The number of para-hydroxylation sites is 1. The number of carbonyl (C=O) groups is 1. The van der Waals surface area contributed by atoms with E-state index in [2.05, 4.69) is 17.2 Å². The lowest BCUT2D eigenvalue weighted by atomic mass is 10.0. The number of hydrogen-bond donors (Lipinski definition) is 2. The SMILES string of the molecule is C=C(NC(Cc1ccccc1)C(=O)Nc1cccc2c1OCO2)c1ccccc1F. The van der Waals surface area contributed by atoms with Gasteiger partial charge in [0.15, 0.2) is 11.5 Å². The highest BCUT2D eigenvalue weighted by Gasteiger charge is 2.24. The second-order valence-electron chi connectivity index (χ2n) is 6.87. The minimum absolute atomic E-state index is 0.109. The number of fused-ring (bicyclic) bond motifs is 1. The summed E-state index contributed by atoms with van der Waals surface area (Å²) in [4.78, 5) is 13.2. The molecule has 1 heterocycles. The zero-order valence-corrected chi connectivity index (χ0v) is 16.2. The van der Waals surface area contributed by atoms with E-state index in [4.69, 9.17) is 9.47 Å². The van der Waals surface area contributed by atoms with Crippen molar-refractivity contribution in [3.8, 4) is 11.5 Å². The Morgan fingerprint density at radius 1 is 1.00 bits per heavy atom. The highest BCUT2D eigenvalue weighted by atomic mass is 19.1. The Morgan fingerprint density at radius 2 is 1.77 bits per heavy atom. The molecule has 0 bridgehead atoms. The third-order valence-corrected chi connectivity index (χ3v) is 4.80. The third-order valence-electron chi connectivity index (χ3n) is 4.80. The molecule has 0 saturated heterocycles. The zero-order valence-electron chi connectivity index (χ0n) is 16.2. The summed E-state index contributed by atoms with van der Waals surface area (Å²) >= 11 is 0. The van der Waals surface area contributed by atoms with Crippen molar-refractivity contribution < 1.29 is 18.7 Å². The zero-order chi connectivity index (χ0) is 20.9. The van der Waals surface area contributed by atoms with Gasteiger partial charge in [-0.2, -0.15) is 0 Å². The third kappa shape index (κ3) is 4.27. The van der Waals surface area contributed by atoms with Crippen LogP contribution in [0.25, 0.3) is 5.70 Å². The average Bonchev–Trinajstić information content (AvgIpc) is 3.24. The van der Waals surface area contributed by atoms with Crippen molar-refractivity contribution in [2.24, 2.45) is 0 Å². The van der Waals surface area contributed by atoms with Gasteiger partial charge in [0, 0.05) is 17.7 Å². The molecule has 0 saturated carbocycles.